The Morgan fingerprint density at radius 3 is 2.30 bits per heavy atom. The number of hydrogen-bond acceptors (Lipinski definition) is 4. The van der Waals surface area contributed by atoms with Crippen LogP contribution in [0.2, 0.25) is 0 Å². The predicted octanol–water partition coefficient (Wildman–Crippen LogP) is 8.28. The highest BCUT2D eigenvalue weighted by atomic mass is 32.1. The minimum Gasteiger partial charge on any atom is -0.204 e. The fourth-order valence-corrected chi connectivity index (χ4v) is 5.08. The number of benzene rings is 1. The molecule has 6 heteroatoms. The van der Waals surface area contributed by atoms with Gasteiger partial charge in [-0.05, 0) is 67.0 Å². The van der Waals surface area contributed by atoms with Gasteiger partial charge in [0.05, 0.1) is 5.16 Å². The van der Waals surface area contributed by atoms with Gasteiger partial charge in [-0.15, -0.1) is 22.7 Å². The van der Waals surface area contributed by atoms with Gasteiger partial charge in [0.25, 0.3) is 0 Å². The molecule has 0 aliphatic heterocycles. The van der Waals surface area contributed by atoms with Crippen LogP contribution in [0.5, 0.6) is 0 Å². The van der Waals surface area contributed by atoms with Crippen molar-refractivity contribution in [2.75, 3.05) is 0 Å². The van der Waals surface area contributed by atoms with Crippen LogP contribution in [0.25, 0.3) is 20.2 Å². The molecule has 0 atom stereocenters. The number of isothiocyanates is 1. The first kappa shape index (κ1) is 20.0. The molecule has 0 radical (unpaired) electrons. The van der Waals surface area contributed by atoms with Crippen molar-refractivity contribution in [3.8, 4) is 20.2 Å². The average molecular weight is 420 g/mol. The van der Waals surface area contributed by atoms with Crippen molar-refractivity contribution in [1.82, 2.24) is 0 Å². The van der Waals surface area contributed by atoms with Crippen LogP contribution in [0.1, 0.15) is 37.5 Å². The molecule has 0 spiro atoms. The summed E-state index contributed by atoms with van der Waals surface area (Å²) in [5, 5.41) is 2.01. The summed E-state index contributed by atoms with van der Waals surface area (Å²) < 4.78 is 28.2. The van der Waals surface area contributed by atoms with Crippen molar-refractivity contribution in [1.29, 1.82) is 0 Å². The third-order valence-electron chi connectivity index (χ3n) is 4.25. The monoisotopic (exact) mass is 419 g/mol. The maximum atomic E-state index is 14.1. The summed E-state index contributed by atoms with van der Waals surface area (Å²) in [7, 11) is 0. The van der Waals surface area contributed by atoms with Crippen molar-refractivity contribution in [3.05, 3.63) is 52.9 Å². The van der Waals surface area contributed by atoms with Crippen LogP contribution in [0.3, 0.4) is 0 Å². The van der Waals surface area contributed by atoms with Crippen LogP contribution >= 0.6 is 34.9 Å². The van der Waals surface area contributed by atoms with Crippen molar-refractivity contribution >= 4 is 45.7 Å². The summed E-state index contributed by atoms with van der Waals surface area (Å²) in [6, 6.07) is 10.8. The van der Waals surface area contributed by atoms with E-state index in [1.54, 1.807) is 11.3 Å². The highest BCUT2D eigenvalue weighted by Crippen LogP contribution is 2.39. The molecule has 0 aliphatic carbocycles. The Bertz CT molecular complexity index is 944. The second-order valence-corrected chi connectivity index (χ2v) is 8.67. The van der Waals surface area contributed by atoms with Crippen molar-refractivity contribution < 1.29 is 8.78 Å². The van der Waals surface area contributed by atoms with Crippen LogP contribution in [0.15, 0.2) is 41.4 Å². The largest absolute Gasteiger partial charge is 0.204 e. The lowest BCUT2D eigenvalue weighted by Crippen LogP contribution is -1.85. The van der Waals surface area contributed by atoms with Gasteiger partial charge in [0.1, 0.15) is 5.69 Å². The van der Waals surface area contributed by atoms with E-state index in [9.17, 15) is 8.78 Å². The van der Waals surface area contributed by atoms with E-state index in [1.807, 2.05) is 17.3 Å². The summed E-state index contributed by atoms with van der Waals surface area (Å²) in [6.07, 6.45) is 6.13. The van der Waals surface area contributed by atoms with E-state index < -0.39 is 17.3 Å². The summed E-state index contributed by atoms with van der Waals surface area (Å²) in [4.78, 5) is 7.96. The second kappa shape index (κ2) is 9.47. The molecule has 27 heavy (non-hydrogen) atoms. The van der Waals surface area contributed by atoms with Gasteiger partial charge in [0.15, 0.2) is 11.6 Å². The molecule has 0 saturated heterocycles. The van der Waals surface area contributed by atoms with E-state index in [-0.39, 0.29) is 0 Å². The zero-order chi connectivity index (χ0) is 19.2. The Labute approximate surface area is 171 Å². The summed E-state index contributed by atoms with van der Waals surface area (Å²) >= 11 is 7.76. The van der Waals surface area contributed by atoms with Gasteiger partial charge in [0, 0.05) is 19.5 Å². The Hall–Kier alpha value is -1.72. The number of hydrogen-bond donors (Lipinski definition) is 0. The van der Waals surface area contributed by atoms with Gasteiger partial charge in [0.2, 0.25) is 0 Å². The van der Waals surface area contributed by atoms with Crippen LogP contribution in [0.4, 0.5) is 14.5 Å². The topological polar surface area (TPSA) is 12.4 Å². The van der Waals surface area contributed by atoms with Crippen LogP contribution in [-0.2, 0) is 6.42 Å². The number of thiophene rings is 2. The zero-order valence-corrected chi connectivity index (χ0v) is 17.4. The summed E-state index contributed by atoms with van der Waals surface area (Å²) in [6.45, 7) is 2.22. The molecule has 0 amide bonds. The normalized spacial score (nSPS) is 10.8. The minimum atomic E-state index is -0.734. The van der Waals surface area contributed by atoms with Crippen LogP contribution < -0.4 is 0 Å². The highest BCUT2D eigenvalue weighted by Gasteiger charge is 2.14. The molecule has 3 rings (SSSR count). The standard InChI is InChI=1S/C21H19F2NS3/c1-2-3-4-5-6-15-7-8-19(26-15)20-10-9-18(27-20)14-11-16(22)21(24-13-25)17(23)12-14/h7-12H,2-6H2,1H3. The minimum absolute atomic E-state index is 0.392. The van der Waals surface area contributed by atoms with Crippen molar-refractivity contribution in [3.63, 3.8) is 0 Å². The van der Waals surface area contributed by atoms with E-state index in [2.05, 4.69) is 36.3 Å². The van der Waals surface area contributed by atoms with E-state index in [4.69, 9.17) is 0 Å². The Balaban J connectivity index is 1.77. The Morgan fingerprint density at radius 1 is 0.926 bits per heavy atom. The maximum absolute atomic E-state index is 14.1. The lowest BCUT2D eigenvalue weighted by atomic mass is 10.1. The summed E-state index contributed by atoms with van der Waals surface area (Å²) in [5.74, 6) is -1.47. The molecule has 1 aromatic carbocycles. The SMILES string of the molecule is CCCCCCc1ccc(-c2ccc(-c3cc(F)c(N=C=S)c(F)c3)s2)s1. The van der Waals surface area contributed by atoms with Crippen molar-refractivity contribution in [2.24, 2.45) is 4.99 Å². The first-order chi connectivity index (χ1) is 13.1. The van der Waals surface area contributed by atoms with E-state index in [1.165, 1.54) is 58.9 Å². The number of aryl methyl sites for hydroxylation is 1. The molecule has 0 aliphatic rings. The number of halogens is 2. The molecule has 1 nitrogen and oxygen atoms in total. The number of unbranched alkanes of at least 4 members (excludes halogenated alkanes) is 3. The maximum Gasteiger partial charge on any atom is 0.153 e. The molecule has 0 N–H and O–H groups in total. The van der Waals surface area contributed by atoms with Crippen molar-refractivity contribution in [2.45, 2.75) is 39.0 Å². The van der Waals surface area contributed by atoms with Gasteiger partial charge < -0.3 is 0 Å². The smallest absolute Gasteiger partial charge is 0.153 e. The number of aliphatic imine (C=N–C) groups is 1. The third kappa shape index (κ3) is 4.96. The van der Waals surface area contributed by atoms with Gasteiger partial charge in [-0.25, -0.2) is 8.78 Å². The Morgan fingerprint density at radius 2 is 1.59 bits per heavy atom. The average Bonchev–Trinajstić information content (AvgIpc) is 3.31. The molecular formula is C21H19F2NS3. The summed E-state index contributed by atoms with van der Waals surface area (Å²) in [5.41, 5.74) is 0.109. The van der Waals surface area contributed by atoms with E-state index in [0.29, 0.717) is 5.56 Å². The van der Waals surface area contributed by atoms with Gasteiger partial charge >= 0.3 is 0 Å². The van der Waals surface area contributed by atoms with E-state index >= 15 is 0 Å². The predicted molar refractivity (Wildman–Crippen MR) is 116 cm³/mol. The van der Waals surface area contributed by atoms with Gasteiger partial charge in [-0.1, -0.05) is 26.2 Å². The van der Waals surface area contributed by atoms with Crippen LogP contribution in [0, 0.1) is 11.6 Å². The quantitative estimate of drug-likeness (QED) is 0.203. The van der Waals surface area contributed by atoms with Crippen LogP contribution in [-0.4, -0.2) is 5.16 Å². The van der Waals surface area contributed by atoms with Gasteiger partial charge in [-0.2, -0.15) is 4.99 Å². The lowest BCUT2D eigenvalue weighted by molar-refractivity contribution is 0.588. The lowest BCUT2D eigenvalue weighted by Gasteiger charge is -2.02. The zero-order valence-electron chi connectivity index (χ0n) is 14.9. The van der Waals surface area contributed by atoms with Gasteiger partial charge in [-0.3, -0.25) is 0 Å². The first-order valence-electron chi connectivity index (χ1n) is 8.88. The fraction of sp³-hybridized carbons (Fsp3) is 0.286. The number of nitrogens with zero attached hydrogens (tertiary/aromatic N) is 1. The molecule has 0 unspecified atom stereocenters. The first-order valence-corrected chi connectivity index (χ1v) is 10.9. The number of rotatable bonds is 8. The highest BCUT2D eigenvalue weighted by molar-refractivity contribution is 7.78. The second-order valence-electron chi connectivity index (χ2n) is 6.23. The molecule has 140 valence electrons. The Kier molecular flexibility index (Phi) is 7.02. The fourth-order valence-electron chi connectivity index (χ4n) is 2.86. The molecule has 2 heterocycles. The molecule has 0 bridgehead atoms. The van der Waals surface area contributed by atoms with E-state index in [0.717, 1.165) is 16.2 Å². The number of thiocarbonyl (C=S) groups is 1. The molecular weight excluding hydrogens is 400 g/mol. The molecule has 0 saturated carbocycles. The molecule has 3 aromatic rings. The molecule has 0 fully saturated rings. The molecule has 2 aromatic heterocycles. The third-order valence-corrected chi connectivity index (χ3v) is 6.81.